The van der Waals surface area contributed by atoms with E-state index in [0.29, 0.717) is 27.5 Å². The number of benzene rings is 2. The van der Waals surface area contributed by atoms with Gasteiger partial charge in [-0.1, -0.05) is 30.3 Å². The Morgan fingerprint density at radius 1 is 1.07 bits per heavy atom. The molecule has 0 fully saturated rings. The number of aryl methyl sites for hydroxylation is 1. The van der Waals surface area contributed by atoms with Crippen molar-refractivity contribution in [2.45, 2.75) is 4.90 Å². The summed E-state index contributed by atoms with van der Waals surface area (Å²) in [4.78, 5) is 4.57. The zero-order chi connectivity index (χ0) is 19.7. The molecule has 0 bridgehead atoms. The summed E-state index contributed by atoms with van der Waals surface area (Å²) in [6.07, 6.45) is 2.70. The molecule has 0 aliphatic rings. The second-order valence-corrected chi connectivity index (χ2v) is 8.56. The lowest BCUT2D eigenvalue weighted by molar-refractivity contribution is 0.601. The smallest absolute Gasteiger partial charge is 0.265 e. The summed E-state index contributed by atoms with van der Waals surface area (Å²) >= 11 is 1.30. The fourth-order valence-electron chi connectivity index (χ4n) is 2.69. The third kappa shape index (κ3) is 3.54. The van der Waals surface area contributed by atoms with Crippen molar-refractivity contribution >= 4 is 27.0 Å². The predicted molar refractivity (Wildman–Crippen MR) is 107 cm³/mol. The molecule has 6 nitrogen and oxygen atoms in total. The first-order valence-electron chi connectivity index (χ1n) is 8.25. The van der Waals surface area contributed by atoms with E-state index in [2.05, 4.69) is 14.8 Å². The largest absolute Gasteiger partial charge is 0.279 e. The second-order valence-electron chi connectivity index (χ2n) is 6.02. The Balaban J connectivity index is 1.70. The highest BCUT2D eigenvalue weighted by molar-refractivity contribution is 7.92. The molecule has 0 saturated heterocycles. The van der Waals surface area contributed by atoms with Gasteiger partial charge in [0.25, 0.3) is 10.0 Å². The number of nitrogens with one attached hydrogen (secondary N) is 1. The van der Waals surface area contributed by atoms with Gasteiger partial charge in [0.15, 0.2) is 0 Å². The van der Waals surface area contributed by atoms with E-state index in [0.717, 1.165) is 0 Å². The van der Waals surface area contributed by atoms with Crippen LogP contribution in [0.3, 0.4) is 0 Å². The van der Waals surface area contributed by atoms with E-state index in [1.54, 1.807) is 54.9 Å². The molecule has 142 valence electrons. The van der Waals surface area contributed by atoms with Crippen LogP contribution in [0.1, 0.15) is 0 Å². The summed E-state index contributed by atoms with van der Waals surface area (Å²) in [6, 6.07) is 13.4. The van der Waals surface area contributed by atoms with Gasteiger partial charge in [0.1, 0.15) is 15.7 Å². The fourth-order valence-corrected chi connectivity index (χ4v) is 4.60. The molecule has 9 heteroatoms. The molecule has 2 heterocycles. The Morgan fingerprint density at radius 3 is 2.50 bits per heavy atom. The number of aromatic nitrogens is 3. The standard InChI is InChI=1S/C19H15FN4O2S2/c1-24-11-13(10-21-24)28(25,26)23-17-9-5-3-7-15(17)18-12-27-19(22-18)14-6-2-4-8-16(14)20/h2-12,23H,1H3. The van der Waals surface area contributed by atoms with E-state index in [1.165, 1.54) is 34.5 Å². The van der Waals surface area contributed by atoms with Crippen molar-refractivity contribution in [3.05, 3.63) is 72.1 Å². The van der Waals surface area contributed by atoms with Crippen molar-refractivity contribution in [2.75, 3.05) is 4.72 Å². The summed E-state index contributed by atoms with van der Waals surface area (Å²) in [6.45, 7) is 0. The van der Waals surface area contributed by atoms with Crippen LogP contribution < -0.4 is 4.72 Å². The van der Waals surface area contributed by atoms with E-state index in [1.807, 2.05) is 0 Å². The first kappa shape index (κ1) is 18.3. The number of rotatable bonds is 5. The number of para-hydroxylation sites is 1. The molecule has 28 heavy (non-hydrogen) atoms. The Labute approximate surface area is 165 Å². The molecule has 2 aromatic heterocycles. The summed E-state index contributed by atoms with van der Waals surface area (Å²) in [7, 11) is -2.15. The van der Waals surface area contributed by atoms with Gasteiger partial charge in [0.2, 0.25) is 0 Å². The summed E-state index contributed by atoms with van der Waals surface area (Å²) < 4.78 is 43.3. The van der Waals surface area contributed by atoms with E-state index in [9.17, 15) is 12.8 Å². The molecule has 1 N–H and O–H groups in total. The number of sulfonamides is 1. The maximum absolute atomic E-state index is 14.0. The summed E-state index contributed by atoms with van der Waals surface area (Å²) in [5, 5.41) is 6.20. The quantitative estimate of drug-likeness (QED) is 0.532. The number of halogens is 1. The van der Waals surface area contributed by atoms with Crippen LogP contribution in [-0.2, 0) is 17.1 Å². The van der Waals surface area contributed by atoms with Gasteiger partial charge in [-0.15, -0.1) is 11.3 Å². The molecule has 0 aliphatic carbocycles. The van der Waals surface area contributed by atoms with Gasteiger partial charge in [0.05, 0.1) is 17.6 Å². The lowest BCUT2D eigenvalue weighted by Gasteiger charge is -2.10. The number of nitrogens with zero attached hydrogens (tertiary/aromatic N) is 3. The van der Waals surface area contributed by atoms with Crippen molar-refractivity contribution in [2.24, 2.45) is 7.05 Å². The number of hydrogen-bond donors (Lipinski definition) is 1. The second kappa shape index (κ2) is 7.17. The minimum absolute atomic E-state index is 0.0649. The minimum Gasteiger partial charge on any atom is -0.279 e. The third-order valence-corrected chi connectivity index (χ3v) is 6.24. The zero-order valence-electron chi connectivity index (χ0n) is 14.7. The predicted octanol–water partition coefficient (Wildman–Crippen LogP) is 4.15. The van der Waals surface area contributed by atoms with E-state index in [4.69, 9.17) is 0 Å². The molecule has 0 saturated carbocycles. The van der Waals surface area contributed by atoms with Crippen LogP contribution >= 0.6 is 11.3 Å². The van der Waals surface area contributed by atoms with Crippen LogP contribution in [0.5, 0.6) is 0 Å². The van der Waals surface area contributed by atoms with Gasteiger partial charge in [-0.2, -0.15) is 5.10 Å². The van der Waals surface area contributed by atoms with Crippen molar-refractivity contribution in [3.63, 3.8) is 0 Å². The van der Waals surface area contributed by atoms with Crippen LogP contribution in [0.15, 0.2) is 71.2 Å². The minimum atomic E-state index is -3.79. The number of thiazole rings is 1. The Morgan fingerprint density at radius 2 is 1.79 bits per heavy atom. The summed E-state index contributed by atoms with van der Waals surface area (Å²) in [5.74, 6) is -0.353. The third-order valence-electron chi connectivity index (χ3n) is 4.05. The van der Waals surface area contributed by atoms with E-state index in [-0.39, 0.29) is 10.7 Å². The maximum Gasteiger partial charge on any atom is 0.265 e. The van der Waals surface area contributed by atoms with Crippen molar-refractivity contribution in [3.8, 4) is 21.8 Å². The number of hydrogen-bond acceptors (Lipinski definition) is 5. The maximum atomic E-state index is 14.0. The Hall–Kier alpha value is -3.04. The van der Waals surface area contributed by atoms with Crippen molar-refractivity contribution in [1.82, 2.24) is 14.8 Å². The molecular formula is C19H15FN4O2S2. The first-order valence-corrected chi connectivity index (χ1v) is 10.6. The average Bonchev–Trinajstić information content (AvgIpc) is 3.32. The highest BCUT2D eigenvalue weighted by Gasteiger charge is 2.19. The normalized spacial score (nSPS) is 11.5. The molecule has 2 aromatic carbocycles. The van der Waals surface area contributed by atoms with Crippen molar-refractivity contribution in [1.29, 1.82) is 0 Å². The molecule has 0 aliphatic heterocycles. The van der Waals surface area contributed by atoms with Crippen LogP contribution in [0.4, 0.5) is 10.1 Å². The lowest BCUT2D eigenvalue weighted by atomic mass is 10.1. The Kier molecular flexibility index (Phi) is 4.70. The van der Waals surface area contributed by atoms with E-state index >= 15 is 0 Å². The molecule has 0 spiro atoms. The van der Waals surface area contributed by atoms with Gasteiger partial charge >= 0.3 is 0 Å². The molecule has 0 unspecified atom stereocenters. The average molecular weight is 414 g/mol. The monoisotopic (exact) mass is 414 g/mol. The lowest BCUT2D eigenvalue weighted by Crippen LogP contribution is -2.13. The molecule has 0 radical (unpaired) electrons. The van der Waals surface area contributed by atoms with Crippen LogP contribution in [0, 0.1) is 5.82 Å². The number of anilines is 1. The Bertz CT molecular complexity index is 1250. The molecular weight excluding hydrogens is 399 g/mol. The summed E-state index contributed by atoms with van der Waals surface area (Å²) in [5.41, 5.74) is 1.96. The van der Waals surface area contributed by atoms with Gasteiger partial charge in [-0.25, -0.2) is 17.8 Å². The van der Waals surface area contributed by atoms with Crippen LogP contribution in [0.25, 0.3) is 21.8 Å². The highest BCUT2D eigenvalue weighted by Crippen LogP contribution is 2.34. The molecule has 4 aromatic rings. The SMILES string of the molecule is Cn1cc(S(=O)(=O)Nc2ccccc2-c2csc(-c3ccccc3F)n2)cn1. The van der Waals surface area contributed by atoms with E-state index < -0.39 is 10.0 Å². The first-order chi connectivity index (χ1) is 13.4. The topological polar surface area (TPSA) is 76.9 Å². The molecule has 4 rings (SSSR count). The van der Waals surface area contributed by atoms with Gasteiger partial charge in [0, 0.05) is 29.8 Å². The van der Waals surface area contributed by atoms with Crippen molar-refractivity contribution < 1.29 is 12.8 Å². The van der Waals surface area contributed by atoms with Crippen LogP contribution in [0.2, 0.25) is 0 Å². The highest BCUT2D eigenvalue weighted by atomic mass is 32.2. The van der Waals surface area contributed by atoms with Gasteiger partial charge < -0.3 is 0 Å². The van der Waals surface area contributed by atoms with Gasteiger partial charge in [-0.05, 0) is 18.2 Å². The molecule has 0 atom stereocenters. The van der Waals surface area contributed by atoms with Gasteiger partial charge in [-0.3, -0.25) is 9.40 Å². The zero-order valence-corrected chi connectivity index (χ0v) is 16.3. The molecule has 0 amide bonds. The fraction of sp³-hybridized carbons (Fsp3) is 0.0526. The van der Waals surface area contributed by atoms with Crippen LogP contribution in [-0.4, -0.2) is 23.2 Å².